The minimum Gasteiger partial charge on any atom is -0.381 e. The van der Waals surface area contributed by atoms with Gasteiger partial charge in [-0.25, -0.2) is 8.42 Å². The molecule has 0 N–H and O–H groups in total. The molecule has 472 valence electrons. The van der Waals surface area contributed by atoms with E-state index >= 15 is 0 Å². The summed E-state index contributed by atoms with van der Waals surface area (Å²) in [6.45, 7) is 60.0. The number of hydrogen-bond acceptors (Lipinski definition) is 13. The quantitative estimate of drug-likeness (QED) is 0.244. The normalized spacial score (nSPS) is 30.1. The van der Waals surface area contributed by atoms with E-state index in [0.29, 0.717) is 28.4 Å². The summed E-state index contributed by atoms with van der Waals surface area (Å²) in [6.07, 6.45) is 17.6. The maximum Gasteiger partial charge on any atom is 0.151 e. The molecule has 7 spiro atoms. The average Bonchev–Trinajstić information content (AvgIpc) is 4.01. The van der Waals surface area contributed by atoms with E-state index in [4.69, 9.17) is 4.74 Å². The van der Waals surface area contributed by atoms with Crippen molar-refractivity contribution in [2.24, 2.45) is 37.9 Å². The first kappa shape index (κ1) is 66.5. The second-order valence-corrected chi connectivity index (χ2v) is 35.3. The summed E-state index contributed by atoms with van der Waals surface area (Å²) in [5.74, 6) is 0.867. The molecule has 0 aromatic rings. The van der Waals surface area contributed by atoms with E-state index in [-0.39, 0.29) is 5.41 Å². The van der Waals surface area contributed by atoms with Gasteiger partial charge in [-0.2, -0.15) is 0 Å². The first-order valence-corrected chi connectivity index (χ1v) is 35.8. The van der Waals surface area contributed by atoms with Crippen LogP contribution in [0.15, 0.2) is 0 Å². The Morgan fingerprint density at radius 3 is 0.889 bits per heavy atom. The number of piperidine rings is 1. The maximum atomic E-state index is 11.0. The minimum absolute atomic E-state index is 0.170. The Morgan fingerprint density at radius 1 is 0.296 bits per heavy atom. The largest absolute Gasteiger partial charge is 0.381 e. The molecule has 12 aliphatic heterocycles. The summed E-state index contributed by atoms with van der Waals surface area (Å²) in [5, 5.41) is 0. The highest BCUT2D eigenvalue weighted by molar-refractivity contribution is 7.92. The number of rotatable bonds is 7. The summed E-state index contributed by atoms with van der Waals surface area (Å²) in [7, 11) is 4.07. The van der Waals surface area contributed by atoms with Crippen molar-refractivity contribution in [2.75, 3.05) is 177 Å². The van der Waals surface area contributed by atoms with Crippen LogP contribution in [0.2, 0.25) is 0 Å². The zero-order valence-electron chi connectivity index (χ0n) is 56.1. The van der Waals surface area contributed by atoms with Gasteiger partial charge in [0.15, 0.2) is 9.84 Å². The Labute approximate surface area is 500 Å². The van der Waals surface area contributed by atoms with Crippen molar-refractivity contribution in [3.63, 3.8) is 0 Å². The number of hydrogen-bond donors (Lipinski definition) is 0. The van der Waals surface area contributed by atoms with Gasteiger partial charge in [-0.3, -0.25) is 34.3 Å². The summed E-state index contributed by atoms with van der Waals surface area (Å²) in [4.78, 5) is 25.1. The van der Waals surface area contributed by atoms with E-state index in [1.54, 1.807) is 0 Å². The van der Waals surface area contributed by atoms with Crippen LogP contribution < -0.4 is 0 Å². The molecule has 14 heteroatoms. The Morgan fingerprint density at radius 2 is 0.593 bits per heavy atom. The highest BCUT2D eigenvalue weighted by Crippen LogP contribution is 2.49. The van der Waals surface area contributed by atoms with Crippen molar-refractivity contribution in [2.45, 2.75) is 216 Å². The van der Waals surface area contributed by atoms with Gasteiger partial charge in [0.2, 0.25) is 0 Å². The maximum absolute atomic E-state index is 11.0. The Bertz CT molecular complexity index is 1980. The first-order valence-electron chi connectivity index (χ1n) is 33.9. The van der Waals surface area contributed by atoms with Gasteiger partial charge in [-0.05, 0) is 205 Å². The van der Waals surface area contributed by atoms with Crippen LogP contribution >= 0.6 is 0 Å². The molecule has 81 heavy (non-hydrogen) atoms. The Hall–Kier alpha value is -0.490. The predicted octanol–water partition coefficient (Wildman–Crippen LogP) is 8.88. The molecule has 0 aromatic heterocycles. The topological polar surface area (TPSA) is 75.8 Å². The highest BCUT2D eigenvalue weighted by Gasteiger charge is 2.56. The van der Waals surface area contributed by atoms with Crippen molar-refractivity contribution < 1.29 is 13.2 Å². The van der Waals surface area contributed by atoms with E-state index in [1.807, 2.05) is 0 Å². The van der Waals surface area contributed by atoms with Crippen LogP contribution in [-0.4, -0.2) is 276 Å². The number of sulfone groups is 1. The van der Waals surface area contributed by atoms with Crippen molar-refractivity contribution >= 4 is 9.84 Å². The molecule has 14 rings (SSSR count). The standard InChI is InChI=1S/C11H22N2.C11H21N.C10H20N2.C9H18N2.C9H17NO.C9H17N.C8H15NO2S/c1-10(2)13-8-11(9-13)4-6-12(3)7-5-11;1-10(2)12-8-11(9-12)6-4-3-5-7-11;1-9(2)12-7-10(8-12)4-5-11(3)6-10;1-8(2)11-6-9(7-11)4-10(3)5-9;1-8(2)10-5-9(6-10)3-4-11-7-9;1-8(2)10-6-9(7-10)4-3-5-9;1-7(2)9-3-8(4-9)5-12(10,11)6-8/h10H,4-9H2,1-3H3;10H,3-9H2,1-2H3;9H,4-8H2,1-3H3;8H,4-7H2,1-3H3;8H,3-7H2,1-2H3;8H,3-7H2,1-2H3;7H,3-6H2,1-2H3. The summed E-state index contributed by atoms with van der Waals surface area (Å²) in [6, 6.07) is 5.11. The molecular formula is C67H130N10O3S. The lowest BCUT2D eigenvalue weighted by Crippen LogP contribution is -2.72. The zero-order valence-corrected chi connectivity index (χ0v) is 56.9. The number of ether oxygens (including phenoxy) is 1. The minimum atomic E-state index is -2.63. The molecule has 14 fully saturated rings. The molecule has 12 heterocycles. The SMILES string of the molecule is CC(C)N1CC2(C1)CS(=O)(=O)C2.CC(C)N1CC2(CCC2)C1.CC(C)N1CC2(CCCCC2)C1.CC(C)N1CC2(CCN(C)C2)C1.CC(C)N1CC2(CCN(C)CC2)C1.CC(C)N1CC2(CCOC2)C1.CC(C)N1CC2(CN(C)C2)C1. The fourth-order valence-electron chi connectivity index (χ4n) is 17.0. The Balaban J connectivity index is 0.000000124. The summed E-state index contributed by atoms with van der Waals surface area (Å²) in [5.41, 5.74) is 4.48. The van der Waals surface area contributed by atoms with Gasteiger partial charge >= 0.3 is 0 Å². The van der Waals surface area contributed by atoms with Crippen molar-refractivity contribution in [3.8, 4) is 0 Å². The zero-order chi connectivity index (χ0) is 59.0. The van der Waals surface area contributed by atoms with Crippen molar-refractivity contribution in [1.29, 1.82) is 0 Å². The van der Waals surface area contributed by atoms with Gasteiger partial charge in [-0.1, -0.05) is 25.7 Å². The van der Waals surface area contributed by atoms with E-state index in [9.17, 15) is 8.42 Å². The van der Waals surface area contributed by atoms with E-state index in [1.165, 1.54) is 195 Å². The van der Waals surface area contributed by atoms with Crippen LogP contribution in [0, 0.1) is 37.9 Å². The van der Waals surface area contributed by atoms with Gasteiger partial charge in [0, 0.05) is 182 Å². The van der Waals surface area contributed by atoms with Crippen LogP contribution in [0.5, 0.6) is 0 Å². The van der Waals surface area contributed by atoms with Gasteiger partial charge in [0.05, 0.1) is 18.1 Å². The third-order valence-electron chi connectivity index (χ3n) is 23.1. The van der Waals surface area contributed by atoms with E-state index < -0.39 is 9.84 Å². The predicted molar refractivity (Wildman–Crippen MR) is 341 cm³/mol. The van der Waals surface area contributed by atoms with E-state index in [0.717, 1.165) is 84.2 Å². The Kier molecular flexibility index (Phi) is 21.9. The van der Waals surface area contributed by atoms with Gasteiger partial charge < -0.3 is 19.4 Å². The van der Waals surface area contributed by atoms with Crippen LogP contribution in [0.25, 0.3) is 0 Å². The van der Waals surface area contributed by atoms with E-state index in [2.05, 4.69) is 167 Å². The first-order chi connectivity index (χ1) is 37.9. The van der Waals surface area contributed by atoms with Crippen LogP contribution in [0.3, 0.4) is 0 Å². The average molecular weight is 1160 g/mol. The van der Waals surface area contributed by atoms with Crippen LogP contribution in [-0.2, 0) is 14.6 Å². The molecule has 13 nitrogen and oxygen atoms in total. The molecular weight excluding hydrogens is 1020 g/mol. The molecule has 12 saturated heterocycles. The van der Waals surface area contributed by atoms with Crippen LogP contribution in [0.1, 0.15) is 174 Å². The highest BCUT2D eigenvalue weighted by atomic mass is 32.2. The van der Waals surface area contributed by atoms with Crippen LogP contribution in [0.4, 0.5) is 0 Å². The molecule has 0 aromatic carbocycles. The number of likely N-dealkylation sites (tertiary alicyclic amines) is 10. The van der Waals surface area contributed by atoms with Gasteiger partial charge in [-0.15, -0.1) is 0 Å². The lowest BCUT2D eigenvalue weighted by molar-refractivity contribution is -0.115. The second kappa shape index (κ2) is 26.7. The third kappa shape index (κ3) is 16.6. The van der Waals surface area contributed by atoms with Gasteiger partial charge in [0.1, 0.15) is 0 Å². The second-order valence-electron chi connectivity index (χ2n) is 33.2. The smallest absolute Gasteiger partial charge is 0.151 e. The molecule has 0 unspecified atom stereocenters. The van der Waals surface area contributed by atoms with Crippen molar-refractivity contribution in [3.05, 3.63) is 0 Å². The molecule has 0 atom stereocenters. The molecule has 0 amide bonds. The lowest BCUT2D eigenvalue weighted by Gasteiger charge is -2.60. The lowest BCUT2D eigenvalue weighted by atomic mass is 9.63. The third-order valence-corrected chi connectivity index (χ3v) is 25.2. The van der Waals surface area contributed by atoms with Crippen molar-refractivity contribution in [1.82, 2.24) is 49.0 Å². The molecule has 0 radical (unpaired) electrons. The fourth-order valence-corrected chi connectivity index (χ4v) is 19.1. The molecule has 2 aliphatic carbocycles. The number of nitrogens with zero attached hydrogens (tertiary/aromatic N) is 10. The molecule has 14 aliphatic rings. The summed E-state index contributed by atoms with van der Waals surface area (Å²) >= 11 is 0. The van der Waals surface area contributed by atoms with Gasteiger partial charge in [0.25, 0.3) is 0 Å². The molecule has 2 saturated carbocycles. The summed E-state index contributed by atoms with van der Waals surface area (Å²) < 4.78 is 27.3. The molecule has 0 bridgehead atoms. The monoisotopic (exact) mass is 1160 g/mol. The fraction of sp³-hybridized carbons (Fsp3) is 1.00.